The Balaban J connectivity index is 1.57. The summed E-state index contributed by atoms with van der Waals surface area (Å²) in [4.78, 5) is 12.8. The van der Waals surface area contributed by atoms with Gasteiger partial charge in [-0.05, 0) is 68.1 Å². The zero-order chi connectivity index (χ0) is 20.7. The van der Waals surface area contributed by atoms with E-state index in [1.54, 1.807) is 7.11 Å². The van der Waals surface area contributed by atoms with E-state index in [0.29, 0.717) is 30.8 Å². The van der Waals surface area contributed by atoms with Gasteiger partial charge in [0.05, 0.1) is 6.33 Å². The zero-order valence-corrected chi connectivity index (χ0v) is 17.3. The van der Waals surface area contributed by atoms with Gasteiger partial charge in [-0.1, -0.05) is 12.1 Å². The monoisotopic (exact) mass is 404 g/mol. The van der Waals surface area contributed by atoms with E-state index in [0.717, 1.165) is 44.9 Å². The van der Waals surface area contributed by atoms with Crippen LogP contribution in [0.3, 0.4) is 0 Å². The average Bonchev–Trinajstić information content (AvgIpc) is 2.79. The van der Waals surface area contributed by atoms with Crippen LogP contribution in [0.5, 0.6) is 5.75 Å². The molecule has 0 aromatic heterocycles. The molecule has 2 bridgehead atoms. The molecule has 0 atom stereocenters. The molecule has 0 aliphatic heterocycles. The number of nitrogens with one attached hydrogen (secondary N) is 1. The van der Waals surface area contributed by atoms with Crippen LogP contribution in [0.2, 0.25) is 0 Å². The van der Waals surface area contributed by atoms with Gasteiger partial charge >= 0.3 is 0 Å². The SMILES string of the molecule is COCCCNC(=O)C12CCC(c3ccc(OC/C(=C/F)CN)cc3)(CC1)CC2. The second-order valence-corrected chi connectivity index (χ2v) is 8.45. The number of nitrogens with two attached hydrogens (primary N) is 1. The fourth-order valence-electron chi connectivity index (χ4n) is 4.78. The summed E-state index contributed by atoms with van der Waals surface area (Å²) in [5.41, 5.74) is 7.19. The Morgan fingerprint density at radius 2 is 1.83 bits per heavy atom. The number of hydrogen-bond acceptors (Lipinski definition) is 4. The van der Waals surface area contributed by atoms with Crippen molar-refractivity contribution in [2.24, 2.45) is 11.1 Å². The molecule has 0 saturated heterocycles. The van der Waals surface area contributed by atoms with Gasteiger partial charge in [0.1, 0.15) is 12.4 Å². The number of fused-ring (bicyclic) bond motifs is 3. The van der Waals surface area contributed by atoms with Crippen molar-refractivity contribution in [2.45, 2.75) is 50.4 Å². The van der Waals surface area contributed by atoms with E-state index in [1.165, 1.54) is 5.56 Å². The highest BCUT2D eigenvalue weighted by Crippen LogP contribution is 2.57. The van der Waals surface area contributed by atoms with Crippen LogP contribution in [0.25, 0.3) is 0 Å². The van der Waals surface area contributed by atoms with Crippen LogP contribution in [0.15, 0.2) is 36.2 Å². The summed E-state index contributed by atoms with van der Waals surface area (Å²) in [7, 11) is 1.68. The smallest absolute Gasteiger partial charge is 0.226 e. The molecular weight excluding hydrogens is 371 g/mol. The van der Waals surface area contributed by atoms with Gasteiger partial charge in [-0.2, -0.15) is 0 Å². The van der Waals surface area contributed by atoms with Crippen molar-refractivity contribution in [3.63, 3.8) is 0 Å². The lowest BCUT2D eigenvalue weighted by Crippen LogP contribution is -2.51. The molecule has 0 radical (unpaired) electrons. The Morgan fingerprint density at radius 1 is 1.17 bits per heavy atom. The van der Waals surface area contributed by atoms with E-state index in [9.17, 15) is 9.18 Å². The third kappa shape index (κ3) is 4.81. The number of carbonyl (C=O) groups is 1. The Kier molecular flexibility index (Phi) is 7.30. The second kappa shape index (κ2) is 9.72. The zero-order valence-electron chi connectivity index (χ0n) is 17.3. The highest BCUT2D eigenvalue weighted by atomic mass is 19.1. The summed E-state index contributed by atoms with van der Waals surface area (Å²) < 4.78 is 23.3. The molecule has 4 rings (SSSR count). The number of amides is 1. The van der Waals surface area contributed by atoms with Gasteiger partial charge in [0, 0.05) is 37.8 Å². The molecule has 3 fully saturated rings. The molecule has 160 valence electrons. The average molecular weight is 405 g/mol. The topological polar surface area (TPSA) is 73.6 Å². The number of halogens is 1. The van der Waals surface area contributed by atoms with Crippen molar-refractivity contribution < 1.29 is 18.7 Å². The standard InChI is InChI=1S/C23H33FN2O3/c1-28-14-2-13-26-21(27)23-10-7-22(8-11-23,9-12-23)19-3-5-20(6-4-19)29-17-18(15-24)16-25/h3-6,15H,2,7-14,16-17,25H2,1H3,(H,26,27)/b18-15+. The van der Waals surface area contributed by atoms with Crippen LogP contribution >= 0.6 is 0 Å². The lowest BCUT2D eigenvalue weighted by Gasteiger charge is -2.52. The quantitative estimate of drug-likeness (QED) is 0.584. The Labute approximate surface area is 172 Å². The predicted octanol–water partition coefficient (Wildman–Crippen LogP) is 3.62. The largest absolute Gasteiger partial charge is 0.489 e. The highest BCUT2D eigenvalue weighted by Gasteiger charge is 2.52. The molecule has 3 N–H and O–H groups in total. The lowest BCUT2D eigenvalue weighted by molar-refractivity contribution is -0.137. The molecule has 5 nitrogen and oxygen atoms in total. The molecular formula is C23H33FN2O3. The van der Waals surface area contributed by atoms with E-state index in [4.69, 9.17) is 15.2 Å². The normalized spacial score (nSPS) is 26.4. The highest BCUT2D eigenvalue weighted by molar-refractivity contribution is 5.83. The van der Waals surface area contributed by atoms with E-state index < -0.39 is 0 Å². The third-order valence-corrected chi connectivity index (χ3v) is 6.85. The summed E-state index contributed by atoms with van der Waals surface area (Å²) >= 11 is 0. The number of carbonyl (C=O) groups excluding carboxylic acids is 1. The van der Waals surface area contributed by atoms with E-state index >= 15 is 0 Å². The molecule has 29 heavy (non-hydrogen) atoms. The van der Waals surface area contributed by atoms with Crippen molar-refractivity contribution in [2.75, 3.05) is 33.4 Å². The maximum atomic E-state index is 12.8. The molecule has 6 heteroatoms. The molecule has 3 aliphatic rings. The number of ether oxygens (including phenoxy) is 2. The Bertz CT molecular complexity index is 693. The van der Waals surface area contributed by atoms with Gasteiger partial charge in [0.25, 0.3) is 0 Å². The maximum absolute atomic E-state index is 12.8. The van der Waals surface area contributed by atoms with Crippen LogP contribution in [-0.4, -0.2) is 39.3 Å². The van der Waals surface area contributed by atoms with Gasteiger partial charge < -0.3 is 20.5 Å². The fourth-order valence-corrected chi connectivity index (χ4v) is 4.78. The summed E-state index contributed by atoms with van der Waals surface area (Å²) in [6.07, 6.45) is 7.33. The first kappa shape index (κ1) is 21.8. The molecule has 3 saturated carbocycles. The Morgan fingerprint density at radius 3 is 2.38 bits per heavy atom. The van der Waals surface area contributed by atoms with Crippen molar-refractivity contribution in [3.05, 3.63) is 41.7 Å². The number of rotatable bonds is 10. The Hall–Kier alpha value is -1.92. The van der Waals surface area contributed by atoms with Gasteiger partial charge in [0.2, 0.25) is 5.91 Å². The second-order valence-electron chi connectivity index (χ2n) is 8.45. The molecule has 0 unspecified atom stereocenters. The first-order valence-corrected chi connectivity index (χ1v) is 10.6. The first-order chi connectivity index (χ1) is 14.1. The van der Waals surface area contributed by atoms with Crippen molar-refractivity contribution in [1.82, 2.24) is 5.32 Å². The van der Waals surface area contributed by atoms with Crippen molar-refractivity contribution >= 4 is 5.91 Å². The van der Waals surface area contributed by atoms with E-state index in [-0.39, 0.29) is 29.9 Å². The molecule has 0 spiro atoms. The van der Waals surface area contributed by atoms with Gasteiger partial charge in [-0.3, -0.25) is 4.79 Å². The number of methoxy groups -OCH3 is 1. The minimum atomic E-state index is -0.185. The minimum absolute atomic E-state index is 0.152. The number of hydrogen-bond donors (Lipinski definition) is 2. The van der Waals surface area contributed by atoms with Crippen molar-refractivity contribution in [1.29, 1.82) is 0 Å². The van der Waals surface area contributed by atoms with E-state index in [2.05, 4.69) is 17.4 Å². The van der Waals surface area contributed by atoms with Gasteiger partial charge in [0.15, 0.2) is 0 Å². The molecule has 0 heterocycles. The third-order valence-electron chi connectivity index (χ3n) is 6.85. The van der Waals surface area contributed by atoms with Crippen LogP contribution in [-0.2, 0) is 14.9 Å². The lowest BCUT2D eigenvalue weighted by atomic mass is 9.51. The minimum Gasteiger partial charge on any atom is -0.489 e. The fraction of sp³-hybridized carbons (Fsp3) is 0.609. The summed E-state index contributed by atoms with van der Waals surface area (Å²) in [5, 5.41) is 3.12. The maximum Gasteiger partial charge on any atom is 0.226 e. The summed E-state index contributed by atoms with van der Waals surface area (Å²) in [6, 6.07) is 8.16. The van der Waals surface area contributed by atoms with Crippen LogP contribution < -0.4 is 15.8 Å². The van der Waals surface area contributed by atoms with Crippen molar-refractivity contribution in [3.8, 4) is 5.75 Å². The molecule has 1 aromatic rings. The first-order valence-electron chi connectivity index (χ1n) is 10.6. The molecule has 1 aromatic carbocycles. The van der Waals surface area contributed by atoms with Gasteiger partial charge in [-0.15, -0.1) is 0 Å². The molecule has 1 amide bonds. The van der Waals surface area contributed by atoms with Crippen LogP contribution in [0.1, 0.15) is 50.5 Å². The van der Waals surface area contributed by atoms with E-state index in [1.807, 2.05) is 12.1 Å². The van der Waals surface area contributed by atoms with Crippen LogP contribution in [0, 0.1) is 5.41 Å². The number of benzene rings is 1. The molecule has 3 aliphatic carbocycles. The summed E-state index contributed by atoms with van der Waals surface area (Å²) in [6.45, 7) is 1.68. The summed E-state index contributed by atoms with van der Waals surface area (Å²) in [5.74, 6) is 0.941. The van der Waals surface area contributed by atoms with Crippen LogP contribution in [0.4, 0.5) is 4.39 Å². The van der Waals surface area contributed by atoms with Gasteiger partial charge in [-0.25, -0.2) is 4.39 Å². The predicted molar refractivity (Wildman–Crippen MR) is 111 cm³/mol.